The molecule has 0 saturated heterocycles. The van der Waals surface area contributed by atoms with Crippen LogP contribution in [0.2, 0.25) is 0 Å². The van der Waals surface area contributed by atoms with E-state index in [0.29, 0.717) is 0 Å². The van der Waals surface area contributed by atoms with Crippen molar-refractivity contribution >= 4 is 21.8 Å². The van der Waals surface area contributed by atoms with Crippen LogP contribution in [0.1, 0.15) is 65.4 Å². The molecule has 0 unspecified atom stereocenters. The third-order valence-corrected chi connectivity index (χ3v) is 11.3. The second kappa shape index (κ2) is 12.2. The van der Waals surface area contributed by atoms with E-state index in [0.717, 1.165) is 29.0 Å². The lowest BCUT2D eigenvalue weighted by molar-refractivity contribution is 0.590. The summed E-state index contributed by atoms with van der Waals surface area (Å²) in [6.45, 7) is 15.9. The van der Waals surface area contributed by atoms with E-state index in [1.54, 1.807) is 0 Å². The molecule has 0 radical (unpaired) electrons. The average molecular weight is 687 g/mol. The van der Waals surface area contributed by atoms with Gasteiger partial charge in [-0.3, -0.25) is 4.57 Å². The van der Waals surface area contributed by atoms with Gasteiger partial charge in [-0.05, 0) is 119 Å². The summed E-state index contributed by atoms with van der Waals surface area (Å²) in [7, 11) is 0. The van der Waals surface area contributed by atoms with Gasteiger partial charge in [0.2, 0.25) is 0 Å². The molecule has 1 aliphatic rings. The Morgan fingerprint density at radius 3 is 1.60 bits per heavy atom. The van der Waals surface area contributed by atoms with Gasteiger partial charge >= 0.3 is 0 Å². The number of nitrogens with zero attached hydrogens (tertiary/aromatic N) is 2. The largest absolute Gasteiger partial charge is 0.296 e. The van der Waals surface area contributed by atoms with Gasteiger partial charge in [0, 0.05) is 12.1 Å². The van der Waals surface area contributed by atoms with Gasteiger partial charge in [0.05, 0.1) is 11.0 Å². The fourth-order valence-corrected chi connectivity index (χ4v) is 8.42. The first-order valence-electron chi connectivity index (χ1n) is 19.0. The Balaban J connectivity index is 1.33. The molecule has 0 fully saturated rings. The standard InChI is InChI=1S/C51H46N2/c1-8-45-52-43-17-9-10-18-44(43)53(45)38-29-23-33(24-30-38)41-31-42(32-19-25-36(26-20-32)50(2,3)4)48-39-15-11-13-34-14-12-16-40(46(34)39)49(48)47(41)35-21-27-37(28-22-35)51(5,6)7/h9-31H,8H2,1-7H3. The summed E-state index contributed by atoms with van der Waals surface area (Å²) < 4.78 is 2.31. The normalized spacial score (nSPS) is 12.5. The molecule has 0 spiro atoms. The highest BCUT2D eigenvalue weighted by molar-refractivity contribution is 6.22. The summed E-state index contributed by atoms with van der Waals surface area (Å²) in [6.07, 6.45) is 0.861. The number of para-hydroxylation sites is 2. The van der Waals surface area contributed by atoms with Crippen molar-refractivity contribution in [2.75, 3.05) is 0 Å². The fraction of sp³-hybridized carbons (Fsp3) is 0.196. The maximum atomic E-state index is 4.97. The van der Waals surface area contributed by atoms with Crippen molar-refractivity contribution < 1.29 is 0 Å². The second-order valence-electron chi connectivity index (χ2n) is 16.7. The van der Waals surface area contributed by atoms with Crippen LogP contribution < -0.4 is 0 Å². The molecule has 0 atom stereocenters. The Labute approximate surface area is 313 Å². The molecule has 0 N–H and O–H groups in total. The van der Waals surface area contributed by atoms with Crippen molar-refractivity contribution in [1.82, 2.24) is 9.55 Å². The summed E-state index contributed by atoms with van der Waals surface area (Å²) in [5.41, 5.74) is 18.9. The Hall–Kier alpha value is -5.73. The molecule has 1 aromatic heterocycles. The van der Waals surface area contributed by atoms with Crippen LogP contribution >= 0.6 is 0 Å². The molecule has 7 aromatic carbocycles. The van der Waals surface area contributed by atoms with E-state index in [1.165, 1.54) is 77.5 Å². The van der Waals surface area contributed by atoms with Crippen molar-refractivity contribution in [3.8, 4) is 61.3 Å². The van der Waals surface area contributed by atoms with Crippen LogP contribution in [0.4, 0.5) is 0 Å². The molecular weight excluding hydrogens is 641 g/mol. The fourth-order valence-electron chi connectivity index (χ4n) is 8.42. The van der Waals surface area contributed by atoms with Crippen LogP contribution in [0.5, 0.6) is 0 Å². The minimum atomic E-state index is 0.0683. The molecule has 2 heteroatoms. The Bertz CT molecular complexity index is 2670. The van der Waals surface area contributed by atoms with Crippen LogP contribution in [0.25, 0.3) is 83.1 Å². The predicted octanol–water partition coefficient (Wildman–Crippen LogP) is 14.0. The van der Waals surface area contributed by atoms with E-state index < -0.39 is 0 Å². The van der Waals surface area contributed by atoms with Gasteiger partial charge < -0.3 is 0 Å². The van der Waals surface area contributed by atoms with E-state index in [9.17, 15) is 0 Å². The molecule has 0 aliphatic heterocycles. The molecule has 9 rings (SSSR count). The maximum Gasteiger partial charge on any atom is 0.114 e. The van der Waals surface area contributed by atoms with Gasteiger partial charge in [-0.15, -0.1) is 0 Å². The number of rotatable bonds is 5. The van der Waals surface area contributed by atoms with E-state index in [2.05, 4.69) is 193 Å². The van der Waals surface area contributed by atoms with Crippen LogP contribution in [0.15, 0.2) is 140 Å². The summed E-state index contributed by atoms with van der Waals surface area (Å²) in [5.74, 6) is 1.07. The number of benzene rings is 7. The summed E-state index contributed by atoms with van der Waals surface area (Å²) in [4.78, 5) is 4.97. The molecule has 2 nitrogen and oxygen atoms in total. The summed E-state index contributed by atoms with van der Waals surface area (Å²) >= 11 is 0. The van der Waals surface area contributed by atoms with Gasteiger partial charge in [0.1, 0.15) is 5.82 Å². The van der Waals surface area contributed by atoms with Crippen molar-refractivity contribution in [3.63, 3.8) is 0 Å². The summed E-state index contributed by atoms with van der Waals surface area (Å²) in [5, 5.41) is 2.63. The maximum absolute atomic E-state index is 4.97. The Morgan fingerprint density at radius 2 is 1.02 bits per heavy atom. The summed E-state index contributed by atoms with van der Waals surface area (Å²) in [6, 6.07) is 52.4. The zero-order valence-electron chi connectivity index (χ0n) is 31.9. The van der Waals surface area contributed by atoms with E-state index >= 15 is 0 Å². The zero-order chi connectivity index (χ0) is 36.6. The van der Waals surface area contributed by atoms with Crippen LogP contribution in [0, 0.1) is 0 Å². The number of aryl methyl sites for hydroxylation is 1. The predicted molar refractivity (Wildman–Crippen MR) is 226 cm³/mol. The van der Waals surface area contributed by atoms with Crippen molar-refractivity contribution in [2.45, 2.75) is 65.7 Å². The Morgan fingerprint density at radius 1 is 0.491 bits per heavy atom. The number of hydrogen-bond acceptors (Lipinski definition) is 1. The number of fused-ring (bicyclic) bond motifs is 4. The smallest absolute Gasteiger partial charge is 0.114 e. The van der Waals surface area contributed by atoms with Gasteiger partial charge in [0.15, 0.2) is 0 Å². The highest BCUT2D eigenvalue weighted by Gasteiger charge is 2.30. The topological polar surface area (TPSA) is 17.8 Å². The lowest BCUT2D eigenvalue weighted by Crippen LogP contribution is -2.10. The highest BCUT2D eigenvalue weighted by atomic mass is 15.1. The third kappa shape index (κ3) is 5.43. The van der Waals surface area contributed by atoms with Crippen molar-refractivity contribution in [2.24, 2.45) is 0 Å². The first-order chi connectivity index (χ1) is 25.5. The average Bonchev–Trinajstić information content (AvgIpc) is 3.71. The van der Waals surface area contributed by atoms with Crippen LogP contribution in [-0.4, -0.2) is 9.55 Å². The Kier molecular flexibility index (Phi) is 7.61. The molecule has 0 saturated carbocycles. The van der Waals surface area contributed by atoms with Gasteiger partial charge in [-0.2, -0.15) is 0 Å². The first-order valence-corrected chi connectivity index (χ1v) is 19.0. The molecule has 1 heterocycles. The number of imidazole rings is 1. The third-order valence-electron chi connectivity index (χ3n) is 11.3. The van der Waals surface area contributed by atoms with Crippen LogP contribution in [-0.2, 0) is 17.3 Å². The van der Waals surface area contributed by atoms with E-state index in [4.69, 9.17) is 4.98 Å². The quantitative estimate of drug-likeness (QED) is 0.176. The minimum Gasteiger partial charge on any atom is -0.296 e. The van der Waals surface area contributed by atoms with Gasteiger partial charge in [-0.1, -0.05) is 158 Å². The van der Waals surface area contributed by atoms with E-state index in [1.807, 2.05) is 0 Å². The number of aromatic nitrogens is 2. The molecule has 8 aromatic rings. The van der Waals surface area contributed by atoms with Crippen molar-refractivity contribution in [1.29, 1.82) is 0 Å². The molecule has 260 valence electrons. The monoisotopic (exact) mass is 686 g/mol. The molecule has 0 bridgehead atoms. The van der Waals surface area contributed by atoms with E-state index in [-0.39, 0.29) is 10.8 Å². The lowest BCUT2D eigenvalue weighted by atomic mass is 9.80. The lowest BCUT2D eigenvalue weighted by Gasteiger charge is -2.23. The highest BCUT2D eigenvalue weighted by Crippen LogP contribution is 2.57. The first kappa shape index (κ1) is 33.1. The molecular formula is C51H46N2. The SMILES string of the molecule is CCc1nc2ccccc2n1-c1ccc(-c2cc(-c3ccc(C(C)(C)C)cc3)c3c(c2-c2ccc(C(C)(C)C)cc2)-c2cccc4cccc-3c24)cc1. The molecule has 1 aliphatic carbocycles. The molecule has 0 amide bonds. The van der Waals surface area contributed by atoms with Crippen molar-refractivity contribution in [3.05, 3.63) is 156 Å². The number of hydrogen-bond donors (Lipinski definition) is 0. The van der Waals surface area contributed by atoms with Gasteiger partial charge in [0.25, 0.3) is 0 Å². The van der Waals surface area contributed by atoms with Gasteiger partial charge in [-0.25, -0.2) is 4.98 Å². The second-order valence-corrected chi connectivity index (χ2v) is 16.7. The minimum absolute atomic E-state index is 0.0683. The van der Waals surface area contributed by atoms with Crippen LogP contribution in [0.3, 0.4) is 0 Å². The zero-order valence-corrected chi connectivity index (χ0v) is 31.9. The molecule has 53 heavy (non-hydrogen) atoms.